The second-order valence-electron chi connectivity index (χ2n) is 6.02. The van der Waals surface area contributed by atoms with Gasteiger partial charge in [-0.05, 0) is 41.5 Å². The molecule has 0 aliphatic heterocycles. The first kappa shape index (κ1) is 16.4. The first-order chi connectivity index (χ1) is 12.7. The fraction of sp³-hybridized carbons (Fsp3) is 0.0952. The maximum Gasteiger partial charge on any atom is 0.210 e. The van der Waals surface area contributed by atoms with Crippen LogP contribution in [0.3, 0.4) is 0 Å². The van der Waals surface area contributed by atoms with Crippen LogP contribution in [-0.4, -0.2) is 15.3 Å². The summed E-state index contributed by atoms with van der Waals surface area (Å²) in [5, 5.41) is 13.4. The summed E-state index contributed by atoms with van der Waals surface area (Å²) in [7, 11) is 2.02. The summed E-state index contributed by atoms with van der Waals surface area (Å²) in [6.07, 6.45) is 1.76. The van der Waals surface area contributed by atoms with Gasteiger partial charge in [-0.2, -0.15) is 5.10 Å². The van der Waals surface area contributed by atoms with E-state index in [9.17, 15) is 0 Å². The Hall–Kier alpha value is -3.05. The Balaban J connectivity index is 1.71. The molecule has 0 radical (unpaired) electrons. The van der Waals surface area contributed by atoms with Gasteiger partial charge in [-0.1, -0.05) is 42.5 Å². The van der Waals surface area contributed by atoms with Crippen LogP contribution in [0, 0.1) is 0 Å². The standard InChI is InChI=1S/C21H18N4S/c1-15(19-9-5-6-12-22-19)23-24-21-25(2)20(14-26-21)18-11-10-16-7-3-4-8-17(16)13-18/h3-14H,1-2H3/b23-15+,24-21-. The third kappa shape index (κ3) is 3.21. The van der Waals surface area contributed by atoms with Crippen molar-refractivity contribution >= 4 is 27.8 Å². The van der Waals surface area contributed by atoms with E-state index in [1.54, 1.807) is 17.5 Å². The molecular weight excluding hydrogens is 340 g/mol. The summed E-state index contributed by atoms with van der Waals surface area (Å²) < 4.78 is 2.07. The fourth-order valence-corrected chi connectivity index (χ4v) is 3.67. The summed E-state index contributed by atoms with van der Waals surface area (Å²) in [4.78, 5) is 5.15. The van der Waals surface area contributed by atoms with Crippen LogP contribution >= 0.6 is 11.3 Å². The SMILES string of the molecule is C/C(=N\N=c1/scc(-c2ccc3ccccc3c2)n1C)c1ccccn1. The van der Waals surface area contributed by atoms with Crippen LogP contribution < -0.4 is 4.80 Å². The summed E-state index contributed by atoms with van der Waals surface area (Å²) >= 11 is 1.58. The zero-order chi connectivity index (χ0) is 17.9. The molecule has 2 heterocycles. The quantitative estimate of drug-likeness (QED) is 0.389. The lowest BCUT2D eigenvalue weighted by atomic mass is 10.1. The van der Waals surface area contributed by atoms with Crippen LogP contribution in [0.2, 0.25) is 0 Å². The molecule has 0 saturated heterocycles. The zero-order valence-electron chi connectivity index (χ0n) is 14.6. The lowest BCUT2D eigenvalue weighted by molar-refractivity contribution is 0.862. The Morgan fingerprint density at radius 1 is 1.00 bits per heavy atom. The Bertz CT molecular complexity index is 1150. The Kier molecular flexibility index (Phi) is 4.46. The first-order valence-electron chi connectivity index (χ1n) is 8.36. The van der Waals surface area contributed by atoms with Crippen molar-refractivity contribution in [3.05, 3.63) is 82.7 Å². The number of hydrogen-bond acceptors (Lipinski definition) is 4. The molecule has 0 amide bonds. The largest absolute Gasteiger partial charge is 0.318 e. The van der Waals surface area contributed by atoms with Gasteiger partial charge in [0.25, 0.3) is 0 Å². The molecule has 4 aromatic rings. The molecule has 0 N–H and O–H groups in total. The monoisotopic (exact) mass is 358 g/mol. The second-order valence-corrected chi connectivity index (χ2v) is 6.86. The van der Waals surface area contributed by atoms with Gasteiger partial charge >= 0.3 is 0 Å². The van der Waals surface area contributed by atoms with Gasteiger partial charge in [0.1, 0.15) is 0 Å². The normalized spacial score (nSPS) is 12.7. The summed E-state index contributed by atoms with van der Waals surface area (Å²) in [6, 6.07) is 20.7. The fourth-order valence-electron chi connectivity index (χ4n) is 2.82. The number of nitrogens with zero attached hydrogens (tertiary/aromatic N) is 4. The number of thiazole rings is 1. The molecule has 4 nitrogen and oxygen atoms in total. The highest BCUT2D eigenvalue weighted by Crippen LogP contribution is 2.24. The maximum atomic E-state index is 4.42. The van der Waals surface area contributed by atoms with E-state index in [1.807, 2.05) is 32.2 Å². The molecule has 0 atom stereocenters. The van der Waals surface area contributed by atoms with Gasteiger partial charge in [-0.3, -0.25) is 4.98 Å². The Morgan fingerprint density at radius 3 is 2.62 bits per heavy atom. The number of pyridine rings is 1. The minimum absolute atomic E-state index is 0.797. The predicted octanol–water partition coefficient (Wildman–Crippen LogP) is 4.63. The van der Waals surface area contributed by atoms with E-state index in [1.165, 1.54) is 16.3 Å². The van der Waals surface area contributed by atoms with E-state index in [4.69, 9.17) is 0 Å². The van der Waals surface area contributed by atoms with Gasteiger partial charge in [0.05, 0.1) is 17.1 Å². The molecule has 2 aromatic heterocycles. The average molecular weight is 358 g/mol. The minimum Gasteiger partial charge on any atom is -0.318 e. The maximum absolute atomic E-state index is 4.42. The molecule has 0 saturated carbocycles. The Labute approximate surface area is 155 Å². The molecular formula is C21H18N4S. The highest BCUT2D eigenvalue weighted by molar-refractivity contribution is 7.07. The van der Waals surface area contributed by atoms with Crippen molar-refractivity contribution in [3.63, 3.8) is 0 Å². The molecule has 0 aliphatic rings. The zero-order valence-corrected chi connectivity index (χ0v) is 15.4. The summed E-state index contributed by atoms with van der Waals surface area (Å²) in [5.74, 6) is 0. The van der Waals surface area contributed by atoms with Gasteiger partial charge in [0, 0.05) is 18.6 Å². The number of aromatic nitrogens is 2. The molecule has 2 aromatic carbocycles. The van der Waals surface area contributed by atoms with E-state index < -0.39 is 0 Å². The second kappa shape index (κ2) is 7.06. The van der Waals surface area contributed by atoms with E-state index in [2.05, 4.69) is 67.6 Å². The molecule has 5 heteroatoms. The van der Waals surface area contributed by atoms with Crippen LogP contribution in [0.4, 0.5) is 0 Å². The van der Waals surface area contributed by atoms with Crippen molar-refractivity contribution in [2.45, 2.75) is 6.92 Å². The van der Waals surface area contributed by atoms with E-state index in [0.717, 1.165) is 21.9 Å². The molecule has 0 aliphatic carbocycles. The molecule has 0 spiro atoms. The molecule has 0 fully saturated rings. The van der Waals surface area contributed by atoms with Gasteiger partial charge in [-0.25, -0.2) is 0 Å². The number of rotatable bonds is 3. The lowest BCUT2D eigenvalue weighted by Gasteiger charge is -2.05. The molecule has 0 bridgehead atoms. The van der Waals surface area contributed by atoms with Crippen LogP contribution in [0.1, 0.15) is 12.6 Å². The molecule has 26 heavy (non-hydrogen) atoms. The van der Waals surface area contributed by atoms with Gasteiger partial charge < -0.3 is 4.57 Å². The van der Waals surface area contributed by atoms with Crippen molar-refractivity contribution in [2.24, 2.45) is 17.3 Å². The molecule has 128 valence electrons. The van der Waals surface area contributed by atoms with Crippen molar-refractivity contribution in [1.29, 1.82) is 0 Å². The van der Waals surface area contributed by atoms with Gasteiger partial charge in [0.15, 0.2) is 0 Å². The third-order valence-electron chi connectivity index (χ3n) is 4.29. The predicted molar refractivity (Wildman–Crippen MR) is 108 cm³/mol. The van der Waals surface area contributed by atoms with E-state index in [0.29, 0.717) is 0 Å². The number of fused-ring (bicyclic) bond motifs is 1. The van der Waals surface area contributed by atoms with Crippen LogP contribution in [0.5, 0.6) is 0 Å². The average Bonchev–Trinajstić information content (AvgIpc) is 3.07. The van der Waals surface area contributed by atoms with Gasteiger partial charge in [-0.15, -0.1) is 16.4 Å². The highest BCUT2D eigenvalue weighted by atomic mass is 32.1. The van der Waals surface area contributed by atoms with Gasteiger partial charge in [0.2, 0.25) is 4.80 Å². The Morgan fingerprint density at radius 2 is 1.81 bits per heavy atom. The third-order valence-corrected chi connectivity index (χ3v) is 5.20. The van der Waals surface area contributed by atoms with Crippen LogP contribution in [0.15, 0.2) is 82.4 Å². The van der Waals surface area contributed by atoms with E-state index >= 15 is 0 Å². The van der Waals surface area contributed by atoms with Crippen molar-refractivity contribution in [2.75, 3.05) is 0 Å². The van der Waals surface area contributed by atoms with Crippen LogP contribution in [-0.2, 0) is 7.05 Å². The molecule has 4 rings (SSSR count). The topological polar surface area (TPSA) is 42.5 Å². The lowest BCUT2D eigenvalue weighted by Crippen LogP contribution is -2.11. The van der Waals surface area contributed by atoms with Crippen molar-refractivity contribution in [3.8, 4) is 11.3 Å². The first-order valence-corrected chi connectivity index (χ1v) is 9.24. The smallest absolute Gasteiger partial charge is 0.210 e. The van der Waals surface area contributed by atoms with Crippen LogP contribution in [0.25, 0.3) is 22.0 Å². The summed E-state index contributed by atoms with van der Waals surface area (Å²) in [6.45, 7) is 1.92. The highest BCUT2D eigenvalue weighted by Gasteiger charge is 2.06. The van der Waals surface area contributed by atoms with Crippen molar-refractivity contribution < 1.29 is 0 Å². The van der Waals surface area contributed by atoms with E-state index in [-0.39, 0.29) is 0 Å². The van der Waals surface area contributed by atoms with Crippen molar-refractivity contribution in [1.82, 2.24) is 9.55 Å². The summed E-state index contributed by atoms with van der Waals surface area (Å²) in [5.41, 5.74) is 3.94. The number of benzene rings is 2. The minimum atomic E-state index is 0.797. The number of hydrogen-bond donors (Lipinski definition) is 0. The molecule has 0 unspecified atom stereocenters.